The average molecular weight is 513 g/mol. The summed E-state index contributed by atoms with van der Waals surface area (Å²) in [5.74, 6) is -0.770. The molecule has 3 aliphatic heterocycles. The lowest BCUT2D eigenvalue weighted by Gasteiger charge is -2.46. The topological polar surface area (TPSA) is 117 Å². The van der Waals surface area contributed by atoms with Gasteiger partial charge >= 0.3 is 0 Å². The second-order valence-corrected chi connectivity index (χ2v) is 10.8. The van der Waals surface area contributed by atoms with Crippen molar-refractivity contribution < 1.29 is 28.7 Å². The molecule has 3 fully saturated rings. The Morgan fingerprint density at radius 2 is 1.78 bits per heavy atom. The lowest BCUT2D eigenvalue weighted by atomic mass is 9.85. The molecule has 200 valence electrons. The van der Waals surface area contributed by atoms with Crippen LogP contribution in [0.2, 0.25) is 0 Å². The maximum atomic E-state index is 13.2. The zero-order valence-corrected chi connectivity index (χ0v) is 21.7. The number of hydrogen-bond donors (Lipinski definition) is 2. The third kappa shape index (κ3) is 4.96. The second-order valence-electron chi connectivity index (χ2n) is 10.8. The van der Waals surface area contributed by atoms with Crippen molar-refractivity contribution in [1.82, 2.24) is 20.4 Å². The number of hydrogen-bond acceptors (Lipinski definition) is 8. The molecule has 4 amide bonds. The lowest BCUT2D eigenvalue weighted by Crippen LogP contribution is -2.54. The van der Waals surface area contributed by atoms with Gasteiger partial charge in [-0.3, -0.25) is 34.3 Å². The molecule has 1 aliphatic carbocycles. The standard InChI is InChI=1S/C27H36N4O6/c1-15(2)30(14-16-6-8-28-9-7-16)17-10-18(11-17)37-19-12-20-24(22(13-19)36-3)27(35)31(26(20)34)21-4-5-23(32)29-25(21)33/h12-13,15-18,21,28H,4-11,14H2,1-3H3,(H,29,32,33). The predicted octanol–water partition coefficient (Wildman–Crippen LogP) is 1.72. The summed E-state index contributed by atoms with van der Waals surface area (Å²) in [7, 11) is 1.44. The summed E-state index contributed by atoms with van der Waals surface area (Å²) >= 11 is 0. The van der Waals surface area contributed by atoms with Gasteiger partial charge in [0.05, 0.1) is 18.2 Å². The van der Waals surface area contributed by atoms with Crippen LogP contribution in [0.3, 0.4) is 0 Å². The van der Waals surface area contributed by atoms with Crippen molar-refractivity contribution in [1.29, 1.82) is 0 Å². The van der Waals surface area contributed by atoms with Crippen molar-refractivity contribution in [2.24, 2.45) is 5.92 Å². The molecule has 10 heteroatoms. The number of methoxy groups -OCH3 is 1. The van der Waals surface area contributed by atoms with Crippen LogP contribution in [0, 0.1) is 5.92 Å². The van der Waals surface area contributed by atoms with Crippen LogP contribution in [-0.4, -0.2) is 84.4 Å². The number of carbonyl (C=O) groups excluding carboxylic acids is 4. The molecule has 5 rings (SSSR count). The SMILES string of the molecule is COc1cc(OC2CC(N(CC3CCNCC3)C(C)C)C2)cc2c1C(=O)N(C1CCC(=O)NC1=O)C2=O. The lowest BCUT2D eigenvalue weighted by molar-refractivity contribution is -0.136. The van der Waals surface area contributed by atoms with Gasteiger partial charge < -0.3 is 14.8 Å². The number of rotatable bonds is 8. The molecule has 3 heterocycles. The van der Waals surface area contributed by atoms with Gasteiger partial charge in [-0.15, -0.1) is 0 Å². The number of amides is 4. The molecule has 4 aliphatic rings. The van der Waals surface area contributed by atoms with Crippen molar-refractivity contribution >= 4 is 23.6 Å². The van der Waals surface area contributed by atoms with E-state index in [0.29, 0.717) is 17.8 Å². The molecule has 1 atom stereocenters. The van der Waals surface area contributed by atoms with Gasteiger partial charge in [-0.2, -0.15) is 0 Å². The molecule has 0 aromatic heterocycles. The highest BCUT2D eigenvalue weighted by atomic mass is 16.5. The molecule has 0 radical (unpaired) electrons. The normalized spacial score (nSPS) is 26.4. The minimum atomic E-state index is -1.02. The minimum Gasteiger partial charge on any atom is -0.496 e. The maximum absolute atomic E-state index is 13.2. The summed E-state index contributed by atoms with van der Waals surface area (Å²) in [5, 5.41) is 5.65. The maximum Gasteiger partial charge on any atom is 0.266 e. The summed E-state index contributed by atoms with van der Waals surface area (Å²) < 4.78 is 11.7. The third-order valence-corrected chi connectivity index (χ3v) is 8.13. The predicted molar refractivity (Wildman–Crippen MR) is 135 cm³/mol. The monoisotopic (exact) mass is 512 g/mol. The highest BCUT2D eigenvalue weighted by molar-refractivity contribution is 6.24. The molecule has 10 nitrogen and oxygen atoms in total. The van der Waals surface area contributed by atoms with Crippen molar-refractivity contribution in [3.8, 4) is 11.5 Å². The van der Waals surface area contributed by atoms with Crippen molar-refractivity contribution in [2.45, 2.75) is 76.6 Å². The van der Waals surface area contributed by atoms with Crippen LogP contribution in [0.1, 0.15) is 73.1 Å². The van der Waals surface area contributed by atoms with Crippen molar-refractivity contribution in [3.05, 3.63) is 23.3 Å². The Bertz CT molecular complexity index is 1090. The number of benzene rings is 1. The van der Waals surface area contributed by atoms with Gasteiger partial charge in [0, 0.05) is 44.0 Å². The summed E-state index contributed by atoms with van der Waals surface area (Å²) in [6.45, 7) is 7.79. The molecule has 2 N–H and O–H groups in total. The van der Waals surface area contributed by atoms with Crippen LogP contribution < -0.4 is 20.1 Å². The molecule has 1 aromatic rings. The van der Waals surface area contributed by atoms with Crippen LogP contribution in [-0.2, 0) is 9.59 Å². The number of fused-ring (bicyclic) bond motifs is 1. The molecular formula is C27H36N4O6. The molecule has 0 spiro atoms. The summed E-state index contributed by atoms with van der Waals surface area (Å²) in [6.07, 6.45) is 4.43. The van der Waals surface area contributed by atoms with Crippen LogP contribution >= 0.6 is 0 Å². The molecule has 0 bridgehead atoms. The number of piperidine rings is 2. The van der Waals surface area contributed by atoms with E-state index in [9.17, 15) is 19.2 Å². The highest BCUT2D eigenvalue weighted by Gasteiger charge is 2.47. The largest absolute Gasteiger partial charge is 0.496 e. The zero-order chi connectivity index (χ0) is 26.3. The Labute approximate surface area is 217 Å². The number of nitrogens with zero attached hydrogens (tertiary/aromatic N) is 2. The van der Waals surface area contributed by atoms with E-state index in [1.807, 2.05) is 0 Å². The molecular weight excluding hydrogens is 476 g/mol. The fourth-order valence-electron chi connectivity index (χ4n) is 6.00. The Hall–Kier alpha value is -2.98. The van der Waals surface area contributed by atoms with E-state index in [4.69, 9.17) is 9.47 Å². The first-order chi connectivity index (χ1) is 17.8. The molecule has 1 unspecified atom stereocenters. The van der Waals surface area contributed by atoms with Crippen LogP contribution in [0.15, 0.2) is 12.1 Å². The minimum absolute atomic E-state index is 0.0143. The quantitative estimate of drug-likeness (QED) is 0.506. The highest BCUT2D eigenvalue weighted by Crippen LogP contribution is 2.39. The van der Waals surface area contributed by atoms with E-state index in [2.05, 4.69) is 29.4 Å². The van der Waals surface area contributed by atoms with E-state index >= 15 is 0 Å². The second kappa shape index (κ2) is 10.4. The fraction of sp³-hybridized carbons (Fsp3) is 0.630. The van der Waals surface area contributed by atoms with Gasteiger partial charge in [-0.05, 0) is 58.2 Å². The van der Waals surface area contributed by atoms with Gasteiger partial charge in [0.1, 0.15) is 23.6 Å². The number of imide groups is 2. The van der Waals surface area contributed by atoms with E-state index in [1.165, 1.54) is 20.0 Å². The van der Waals surface area contributed by atoms with Crippen molar-refractivity contribution in [2.75, 3.05) is 26.7 Å². The first-order valence-electron chi connectivity index (χ1n) is 13.3. The Balaban J connectivity index is 1.27. The van der Waals surface area contributed by atoms with E-state index < -0.39 is 29.7 Å². The van der Waals surface area contributed by atoms with Gasteiger partial charge in [0.2, 0.25) is 11.8 Å². The Kier molecular flexibility index (Phi) is 7.22. The van der Waals surface area contributed by atoms with Crippen LogP contribution in [0.25, 0.3) is 0 Å². The third-order valence-electron chi connectivity index (χ3n) is 8.13. The van der Waals surface area contributed by atoms with Crippen LogP contribution in [0.5, 0.6) is 11.5 Å². The van der Waals surface area contributed by atoms with Gasteiger partial charge in [-0.1, -0.05) is 0 Å². The molecule has 2 saturated heterocycles. The van der Waals surface area contributed by atoms with Gasteiger partial charge in [0.25, 0.3) is 11.8 Å². The molecule has 1 saturated carbocycles. The average Bonchev–Trinajstić information content (AvgIpc) is 3.10. The Morgan fingerprint density at radius 3 is 2.43 bits per heavy atom. The summed E-state index contributed by atoms with van der Waals surface area (Å²) in [6, 6.07) is 3.12. The van der Waals surface area contributed by atoms with Gasteiger partial charge in [0.15, 0.2) is 0 Å². The first kappa shape index (κ1) is 25.7. The zero-order valence-electron chi connectivity index (χ0n) is 21.7. The summed E-state index contributed by atoms with van der Waals surface area (Å²) in [4.78, 5) is 53.9. The van der Waals surface area contributed by atoms with E-state index in [1.54, 1.807) is 12.1 Å². The Morgan fingerprint density at radius 1 is 1.05 bits per heavy atom. The number of carbonyl (C=O) groups is 4. The molecule has 1 aromatic carbocycles. The summed E-state index contributed by atoms with van der Waals surface area (Å²) in [5.41, 5.74) is 0.290. The van der Waals surface area contributed by atoms with Gasteiger partial charge in [-0.25, -0.2) is 0 Å². The number of ether oxygens (including phenoxy) is 2. The van der Waals surface area contributed by atoms with E-state index in [0.717, 1.165) is 43.3 Å². The van der Waals surface area contributed by atoms with Crippen LogP contribution in [0.4, 0.5) is 0 Å². The first-order valence-corrected chi connectivity index (χ1v) is 13.3. The number of nitrogens with one attached hydrogen (secondary N) is 2. The van der Waals surface area contributed by atoms with Crippen molar-refractivity contribution in [3.63, 3.8) is 0 Å². The molecule has 37 heavy (non-hydrogen) atoms. The smallest absolute Gasteiger partial charge is 0.266 e. The fourth-order valence-corrected chi connectivity index (χ4v) is 6.00. The van der Waals surface area contributed by atoms with E-state index in [-0.39, 0.29) is 35.8 Å².